The topological polar surface area (TPSA) is 47.4 Å². The van der Waals surface area contributed by atoms with Crippen LogP contribution in [0.15, 0.2) is 48.5 Å². The predicted molar refractivity (Wildman–Crippen MR) is 98.1 cm³/mol. The van der Waals surface area contributed by atoms with Crippen LogP contribution in [0.1, 0.15) is 25.1 Å². The molecule has 0 spiro atoms. The Morgan fingerprint density at radius 1 is 1.20 bits per heavy atom. The number of amides is 1. The van der Waals surface area contributed by atoms with Gasteiger partial charge in [-0.1, -0.05) is 18.2 Å². The quantitative estimate of drug-likeness (QED) is 0.732. The molecule has 0 N–H and O–H groups in total. The number of nitrogens with zero attached hydrogens (tertiary/aromatic N) is 3. The second-order valence-corrected chi connectivity index (χ2v) is 6.31. The summed E-state index contributed by atoms with van der Waals surface area (Å²) in [6.07, 6.45) is 0.487. The highest BCUT2D eigenvalue weighted by Crippen LogP contribution is 2.34. The average molecular weight is 335 g/mol. The van der Waals surface area contributed by atoms with Gasteiger partial charge in [-0.15, -0.1) is 0 Å². The maximum atomic E-state index is 12.6. The van der Waals surface area contributed by atoms with Gasteiger partial charge in [0, 0.05) is 37.2 Å². The smallest absolute Gasteiger partial charge is 0.227 e. The molecule has 1 aliphatic rings. The number of para-hydroxylation sites is 2. The third kappa shape index (κ3) is 2.65. The summed E-state index contributed by atoms with van der Waals surface area (Å²) < 4.78 is 7.51. The number of benzene rings is 2. The molecule has 0 radical (unpaired) electrons. The van der Waals surface area contributed by atoms with Crippen LogP contribution >= 0.6 is 0 Å². The Bertz CT molecular complexity index is 932. The van der Waals surface area contributed by atoms with Crippen LogP contribution in [0.25, 0.3) is 11.0 Å². The molecule has 2 aromatic carbocycles. The Hall–Kier alpha value is -2.82. The van der Waals surface area contributed by atoms with Gasteiger partial charge in [0.05, 0.1) is 18.1 Å². The SMILES string of the molecule is CCn1c([C@H]2CC(=O)N(c3cccc(OC)c3)C2)nc2ccccc21. The number of aromatic nitrogens is 2. The fourth-order valence-corrected chi connectivity index (χ4v) is 3.65. The number of rotatable bonds is 4. The molecular formula is C20H21N3O2. The second kappa shape index (κ2) is 6.24. The van der Waals surface area contributed by atoms with Gasteiger partial charge in [-0.05, 0) is 31.2 Å². The van der Waals surface area contributed by atoms with E-state index in [4.69, 9.17) is 9.72 Å². The van der Waals surface area contributed by atoms with Crippen molar-refractivity contribution >= 4 is 22.6 Å². The highest BCUT2D eigenvalue weighted by molar-refractivity contribution is 5.96. The third-order valence-electron chi connectivity index (χ3n) is 4.86. The van der Waals surface area contributed by atoms with Crippen LogP contribution in [-0.4, -0.2) is 29.1 Å². The van der Waals surface area contributed by atoms with E-state index in [9.17, 15) is 4.79 Å². The number of hydrogen-bond acceptors (Lipinski definition) is 3. The summed E-state index contributed by atoms with van der Waals surface area (Å²) in [5.41, 5.74) is 3.00. The van der Waals surface area contributed by atoms with Crippen molar-refractivity contribution in [3.05, 3.63) is 54.4 Å². The Balaban J connectivity index is 1.68. The second-order valence-electron chi connectivity index (χ2n) is 6.31. The van der Waals surface area contributed by atoms with Gasteiger partial charge in [-0.3, -0.25) is 4.79 Å². The standard InChI is InChI=1S/C20H21N3O2/c1-3-22-18-10-5-4-9-17(18)21-20(22)14-11-19(24)23(13-14)15-7-6-8-16(12-15)25-2/h4-10,12,14H,3,11,13H2,1-2H3/t14-/m0/s1. The molecule has 1 aliphatic heterocycles. The van der Waals surface area contributed by atoms with E-state index in [-0.39, 0.29) is 11.8 Å². The monoisotopic (exact) mass is 335 g/mol. The molecular weight excluding hydrogens is 314 g/mol. The number of fused-ring (bicyclic) bond motifs is 1. The number of ether oxygens (including phenoxy) is 1. The van der Waals surface area contributed by atoms with Crippen LogP contribution in [-0.2, 0) is 11.3 Å². The molecule has 0 aliphatic carbocycles. The Kier molecular flexibility index (Phi) is 3.92. The minimum atomic E-state index is 0.103. The fraction of sp³-hybridized carbons (Fsp3) is 0.300. The lowest BCUT2D eigenvalue weighted by atomic mass is 10.1. The van der Waals surface area contributed by atoms with E-state index in [2.05, 4.69) is 17.6 Å². The summed E-state index contributed by atoms with van der Waals surface area (Å²) in [6, 6.07) is 15.8. The number of carbonyl (C=O) groups excluding carboxylic acids is 1. The average Bonchev–Trinajstić information content (AvgIpc) is 3.21. The van der Waals surface area contributed by atoms with Gasteiger partial charge in [0.15, 0.2) is 0 Å². The molecule has 4 rings (SSSR count). The zero-order valence-corrected chi connectivity index (χ0v) is 14.5. The number of methoxy groups -OCH3 is 1. The highest BCUT2D eigenvalue weighted by Gasteiger charge is 2.34. The molecule has 1 atom stereocenters. The zero-order chi connectivity index (χ0) is 17.4. The largest absolute Gasteiger partial charge is 0.497 e. The van der Waals surface area contributed by atoms with Gasteiger partial charge in [-0.2, -0.15) is 0 Å². The van der Waals surface area contributed by atoms with E-state index in [0.29, 0.717) is 13.0 Å². The molecule has 0 bridgehead atoms. The molecule has 3 aromatic rings. The van der Waals surface area contributed by atoms with Crippen molar-refractivity contribution in [3.8, 4) is 5.75 Å². The molecule has 0 saturated carbocycles. The number of imidazole rings is 1. The summed E-state index contributed by atoms with van der Waals surface area (Å²) in [5.74, 6) is 2.00. The van der Waals surface area contributed by atoms with E-state index in [0.717, 1.165) is 34.8 Å². The Morgan fingerprint density at radius 3 is 2.84 bits per heavy atom. The van der Waals surface area contributed by atoms with Gasteiger partial charge in [0.2, 0.25) is 5.91 Å². The van der Waals surface area contributed by atoms with Crippen LogP contribution in [0.2, 0.25) is 0 Å². The van der Waals surface area contributed by atoms with Crippen molar-refractivity contribution in [2.24, 2.45) is 0 Å². The van der Waals surface area contributed by atoms with Gasteiger partial charge < -0.3 is 14.2 Å². The summed E-state index contributed by atoms with van der Waals surface area (Å²) in [7, 11) is 1.64. The van der Waals surface area contributed by atoms with Crippen molar-refractivity contribution in [2.45, 2.75) is 25.8 Å². The van der Waals surface area contributed by atoms with Gasteiger partial charge >= 0.3 is 0 Å². The lowest BCUT2D eigenvalue weighted by Crippen LogP contribution is -2.24. The summed E-state index contributed by atoms with van der Waals surface area (Å²) in [5, 5.41) is 0. The fourth-order valence-electron chi connectivity index (χ4n) is 3.65. The van der Waals surface area contributed by atoms with Crippen molar-refractivity contribution in [1.29, 1.82) is 0 Å². The van der Waals surface area contributed by atoms with Crippen molar-refractivity contribution < 1.29 is 9.53 Å². The van der Waals surface area contributed by atoms with Gasteiger partial charge in [0.25, 0.3) is 0 Å². The lowest BCUT2D eigenvalue weighted by Gasteiger charge is -2.17. The first-order chi connectivity index (χ1) is 12.2. The Morgan fingerprint density at radius 2 is 2.04 bits per heavy atom. The molecule has 2 heterocycles. The molecule has 1 aromatic heterocycles. The van der Waals surface area contributed by atoms with E-state index in [1.807, 2.05) is 47.4 Å². The van der Waals surface area contributed by atoms with Crippen LogP contribution in [0.4, 0.5) is 5.69 Å². The first-order valence-corrected chi connectivity index (χ1v) is 8.61. The first kappa shape index (κ1) is 15.7. The predicted octanol–water partition coefficient (Wildman–Crippen LogP) is 3.59. The number of hydrogen-bond donors (Lipinski definition) is 0. The van der Waals surface area contributed by atoms with Crippen molar-refractivity contribution in [1.82, 2.24) is 9.55 Å². The minimum absolute atomic E-state index is 0.103. The van der Waals surface area contributed by atoms with Crippen LogP contribution in [0.3, 0.4) is 0 Å². The van der Waals surface area contributed by atoms with E-state index < -0.39 is 0 Å². The van der Waals surface area contributed by atoms with Crippen molar-refractivity contribution in [2.75, 3.05) is 18.6 Å². The molecule has 1 amide bonds. The first-order valence-electron chi connectivity index (χ1n) is 8.61. The third-order valence-corrected chi connectivity index (χ3v) is 4.86. The van der Waals surface area contributed by atoms with Crippen LogP contribution in [0.5, 0.6) is 5.75 Å². The summed E-state index contributed by atoms with van der Waals surface area (Å²) in [4.78, 5) is 19.3. The number of aryl methyl sites for hydroxylation is 1. The molecule has 25 heavy (non-hydrogen) atoms. The summed E-state index contributed by atoms with van der Waals surface area (Å²) in [6.45, 7) is 3.61. The molecule has 1 fully saturated rings. The van der Waals surface area contributed by atoms with Gasteiger partial charge in [-0.25, -0.2) is 4.98 Å². The molecule has 128 valence electrons. The zero-order valence-electron chi connectivity index (χ0n) is 14.5. The number of anilines is 1. The van der Waals surface area contributed by atoms with Gasteiger partial charge in [0.1, 0.15) is 11.6 Å². The lowest BCUT2D eigenvalue weighted by molar-refractivity contribution is -0.117. The van der Waals surface area contributed by atoms with E-state index >= 15 is 0 Å². The normalized spacial score (nSPS) is 17.4. The Labute approximate surface area is 146 Å². The van der Waals surface area contributed by atoms with E-state index in [1.54, 1.807) is 7.11 Å². The molecule has 5 nitrogen and oxygen atoms in total. The van der Waals surface area contributed by atoms with Crippen LogP contribution in [0, 0.1) is 0 Å². The maximum absolute atomic E-state index is 12.6. The highest BCUT2D eigenvalue weighted by atomic mass is 16.5. The maximum Gasteiger partial charge on any atom is 0.227 e. The van der Waals surface area contributed by atoms with Crippen molar-refractivity contribution in [3.63, 3.8) is 0 Å². The van der Waals surface area contributed by atoms with E-state index in [1.165, 1.54) is 0 Å². The number of carbonyl (C=O) groups is 1. The summed E-state index contributed by atoms with van der Waals surface area (Å²) >= 11 is 0. The molecule has 1 saturated heterocycles. The molecule has 5 heteroatoms. The minimum Gasteiger partial charge on any atom is -0.497 e. The molecule has 0 unspecified atom stereocenters. The van der Waals surface area contributed by atoms with Crippen LogP contribution < -0.4 is 9.64 Å².